The molecule has 0 fully saturated rings. The van der Waals surface area contributed by atoms with Gasteiger partial charge in [-0.1, -0.05) is 23.8 Å². The number of rotatable bonds is 4. The largest absolute Gasteiger partial charge is 0.387 e. The van der Waals surface area contributed by atoms with Crippen LogP contribution in [-0.4, -0.2) is 36.1 Å². The van der Waals surface area contributed by atoms with Gasteiger partial charge in [0.15, 0.2) is 0 Å². The van der Waals surface area contributed by atoms with Crippen molar-refractivity contribution < 1.29 is 9.90 Å². The minimum absolute atomic E-state index is 0.231. The van der Waals surface area contributed by atoms with E-state index >= 15 is 0 Å². The van der Waals surface area contributed by atoms with Gasteiger partial charge in [0.1, 0.15) is 6.61 Å². The van der Waals surface area contributed by atoms with E-state index in [-0.39, 0.29) is 5.91 Å². The maximum atomic E-state index is 11.2. The normalized spacial score (nSPS) is 10.2. The molecule has 0 bridgehead atoms. The summed E-state index contributed by atoms with van der Waals surface area (Å²) < 4.78 is 0. The summed E-state index contributed by atoms with van der Waals surface area (Å²) in [5.74, 6) is -0.231. The maximum absolute atomic E-state index is 11.2. The first kappa shape index (κ1) is 12.7. The number of hydrogen-bond donors (Lipinski definition) is 1. The van der Waals surface area contributed by atoms with Gasteiger partial charge in [-0.3, -0.25) is 4.79 Å². The number of aliphatic hydroxyl groups excluding tert-OH is 1. The van der Waals surface area contributed by atoms with Gasteiger partial charge in [0.05, 0.1) is 0 Å². The standard InChI is InChI=1S/C13H19NO2/c1-10-4-5-11(2)12(8-10)6-7-14(3)13(16)9-15/h4-5,8,15H,6-7,9H2,1-3H3. The zero-order chi connectivity index (χ0) is 12.1. The molecule has 0 aromatic heterocycles. The molecule has 0 aliphatic rings. The van der Waals surface area contributed by atoms with Gasteiger partial charge in [-0.05, 0) is 31.4 Å². The summed E-state index contributed by atoms with van der Waals surface area (Å²) >= 11 is 0. The number of hydrogen-bond acceptors (Lipinski definition) is 2. The minimum atomic E-state index is -0.413. The number of carbonyl (C=O) groups excluding carboxylic acids is 1. The highest BCUT2D eigenvalue weighted by Gasteiger charge is 2.07. The molecule has 0 aliphatic heterocycles. The van der Waals surface area contributed by atoms with Crippen molar-refractivity contribution >= 4 is 5.91 Å². The third-order valence-corrected chi connectivity index (χ3v) is 2.78. The molecule has 1 aromatic carbocycles. The number of benzene rings is 1. The maximum Gasteiger partial charge on any atom is 0.248 e. The molecule has 1 amide bonds. The van der Waals surface area contributed by atoms with Crippen LogP contribution in [0.15, 0.2) is 18.2 Å². The number of amides is 1. The topological polar surface area (TPSA) is 40.5 Å². The van der Waals surface area contributed by atoms with E-state index in [4.69, 9.17) is 5.11 Å². The third-order valence-electron chi connectivity index (χ3n) is 2.78. The summed E-state index contributed by atoms with van der Waals surface area (Å²) in [7, 11) is 1.71. The van der Waals surface area contributed by atoms with E-state index in [9.17, 15) is 4.79 Å². The predicted molar refractivity (Wildman–Crippen MR) is 64.3 cm³/mol. The molecular weight excluding hydrogens is 202 g/mol. The first-order valence-corrected chi connectivity index (χ1v) is 5.45. The first-order valence-electron chi connectivity index (χ1n) is 5.45. The van der Waals surface area contributed by atoms with Gasteiger partial charge in [-0.25, -0.2) is 0 Å². The van der Waals surface area contributed by atoms with E-state index < -0.39 is 6.61 Å². The monoisotopic (exact) mass is 221 g/mol. The number of carbonyl (C=O) groups is 1. The third kappa shape index (κ3) is 3.35. The lowest BCUT2D eigenvalue weighted by Crippen LogP contribution is -2.31. The van der Waals surface area contributed by atoms with Crippen LogP contribution in [0.25, 0.3) is 0 Å². The fraction of sp³-hybridized carbons (Fsp3) is 0.462. The second kappa shape index (κ2) is 5.66. The lowest BCUT2D eigenvalue weighted by Gasteiger charge is -2.16. The molecular formula is C13H19NO2. The Morgan fingerprint density at radius 3 is 2.69 bits per heavy atom. The zero-order valence-electron chi connectivity index (χ0n) is 10.2. The van der Waals surface area contributed by atoms with Crippen molar-refractivity contribution in [3.8, 4) is 0 Å². The molecule has 0 saturated heterocycles. The van der Waals surface area contributed by atoms with Gasteiger partial charge in [0, 0.05) is 13.6 Å². The number of likely N-dealkylation sites (N-methyl/N-ethyl adjacent to an activating group) is 1. The number of nitrogens with zero attached hydrogens (tertiary/aromatic N) is 1. The van der Waals surface area contributed by atoms with Crippen LogP contribution in [0.3, 0.4) is 0 Å². The van der Waals surface area contributed by atoms with Gasteiger partial charge >= 0.3 is 0 Å². The van der Waals surface area contributed by atoms with Crippen molar-refractivity contribution in [2.45, 2.75) is 20.3 Å². The molecule has 0 radical (unpaired) electrons. The van der Waals surface area contributed by atoms with E-state index in [1.165, 1.54) is 16.7 Å². The van der Waals surface area contributed by atoms with Crippen molar-refractivity contribution in [2.24, 2.45) is 0 Å². The number of aryl methyl sites for hydroxylation is 2. The Bertz CT molecular complexity index is 374. The zero-order valence-corrected chi connectivity index (χ0v) is 10.2. The van der Waals surface area contributed by atoms with Crippen LogP contribution in [0.4, 0.5) is 0 Å². The fourth-order valence-electron chi connectivity index (χ4n) is 1.60. The molecule has 1 aromatic rings. The summed E-state index contributed by atoms with van der Waals surface area (Å²) in [6.07, 6.45) is 0.829. The highest BCUT2D eigenvalue weighted by Crippen LogP contribution is 2.11. The fourth-order valence-corrected chi connectivity index (χ4v) is 1.60. The van der Waals surface area contributed by atoms with Crippen molar-refractivity contribution in [3.63, 3.8) is 0 Å². The Labute approximate surface area is 96.7 Å². The molecule has 1 N–H and O–H groups in total. The molecule has 3 heteroatoms. The Morgan fingerprint density at radius 2 is 2.06 bits per heavy atom. The second-order valence-corrected chi connectivity index (χ2v) is 4.15. The first-order chi connectivity index (χ1) is 7.54. The van der Waals surface area contributed by atoms with Crippen LogP contribution in [0, 0.1) is 13.8 Å². The Kier molecular flexibility index (Phi) is 4.50. The van der Waals surface area contributed by atoms with Gasteiger partial charge in [-0.15, -0.1) is 0 Å². The van der Waals surface area contributed by atoms with Crippen molar-refractivity contribution in [2.75, 3.05) is 20.2 Å². The molecule has 1 rings (SSSR count). The average Bonchev–Trinajstić information content (AvgIpc) is 2.28. The summed E-state index contributed by atoms with van der Waals surface area (Å²) in [4.78, 5) is 12.7. The van der Waals surface area contributed by atoms with Crippen molar-refractivity contribution in [3.05, 3.63) is 34.9 Å². The van der Waals surface area contributed by atoms with Gasteiger partial charge in [0.25, 0.3) is 0 Å². The molecule has 0 heterocycles. The van der Waals surface area contributed by atoms with Gasteiger partial charge in [0.2, 0.25) is 5.91 Å². The molecule has 0 saturated carbocycles. The van der Waals surface area contributed by atoms with Crippen LogP contribution < -0.4 is 0 Å². The highest BCUT2D eigenvalue weighted by atomic mass is 16.3. The van der Waals surface area contributed by atoms with E-state index in [2.05, 4.69) is 32.0 Å². The van der Waals surface area contributed by atoms with Crippen LogP contribution in [-0.2, 0) is 11.2 Å². The van der Waals surface area contributed by atoms with Crippen LogP contribution in [0.5, 0.6) is 0 Å². The van der Waals surface area contributed by atoms with Crippen LogP contribution in [0.1, 0.15) is 16.7 Å². The van der Waals surface area contributed by atoms with Crippen LogP contribution >= 0.6 is 0 Å². The average molecular weight is 221 g/mol. The lowest BCUT2D eigenvalue weighted by atomic mass is 10.0. The quantitative estimate of drug-likeness (QED) is 0.832. The molecule has 0 aliphatic carbocycles. The van der Waals surface area contributed by atoms with Crippen LogP contribution in [0.2, 0.25) is 0 Å². The van der Waals surface area contributed by atoms with Crippen molar-refractivity contribution in [1.82, 2.24) is 4.90 Å². The molecule has 0 spiro atoms. The van der Waals surface area contributed by atoms with E-state index in [1.807, 2.05) is 0 Å². The molecule has 3 nitrogen and oxygen atoms in total. The summed E-state index contributed by atoms with van der Waals surface area (Å²) in [5.41, 5.74) is 3.74. The summed E-state index contributed by atoms with van der Waals surface area (Å²) in [5, 5.41) is 8.71. The SMILES string of the molecule is Cc1ccc(C)c(CCN(C)C(=O)CO)c1. The molecule has 16 heavy (non-hydrogen) atoms. The predicted octanol–water partition coefficient (Wildman–Crippen LogP) is 1.30. The van der Waals surface area contributed by atoms with E-state index in [0.29, 0.717) is 6.54 Å². The molecule has 0 unspecified atom stereocenters. The smallest absolute Gasteiger partial charge is 0.248 e. The minimum Gasteiger partial charge on any atom is -0.387 e. The molecule has 88 valence electrons. The second-order valence-electron chi connectivity index (χ2n) is 4.15. The van der Waals surface area contributed by atoms with E-state index in [0.717, 1.165) is 6.42 Å². The Morgan fingerprint density at radius 1 is 1.38 bits per heavy atom. The molecule has 0 atom stereocenters. The Balaban J connectivity index is 2.60. The van der Waals surface area contributed by atoms with Crippen molar-refractivity contribution in [1.29, 1.82) is 0 Å². The number of aliphatic hydroxyl groups is 1. The lowest BCUT2D eigenvalue weighted by molar-refractivity contribution is -0.132. The van der Waals surface area contributed by atoms with Gasteiger partial charge < -0.3 is 10.0 Å². The van der Waals surface area contributed by atoms with E-state index in [1.54, 1.807) is 11.9 Å². The summed E-state index contributed by atoms with van der Waals surface area (Å²) in [6.45, 7) is 4.36. The van der Waals surface area contributed by atoms with Gasteiger partial charge in [-0.2, -0.15) is 0 Å². The highest BCUT2D eigenvalue weighted by molar-refractivity contribution is 5.76. The summed E-state index contributed by atoms with van der Waals surface area (Å²) in [6, 6.07) is 6.33. The Hall–Kier alpha value is -1.35.